The van der Waals surface area contributed by atoms with Gasteiger partial charge in [0, 0.05) is 28.3 Å². The van der Waals surface area contributed by atoms with E-state index in [1.807, 2.05) is 0 Å². The molecule has 0 saturated heterocycles. The van der Waals surface area contributed by atoms with E-state index >= 15 is 0 Å². The summed E-state index contributed by atoms with van der Waals surface area (Å²) >= 11 is 6.12. The van der Waals surface area contributed by atoms with Gasteiger partial charge in [0.05, 0.1) is 11.1 Å². The fourth-order valence-electron chi connectivity index (χ4n) is 2.25. The quantitative estimate of drug-likeness (QED) is 0.933. The number of rotatable bonds is 4. The van der Waals surface area contributed by atoms with Crippen molar-refractivity contribution in [3.05, 3.63) is 46.3 Å². The molecule has 1 aliphatic carbocycles. The van der Waals surface area contributed by atoms with Gasteiger partial charge in [0.1, 0.15) is 11.9 Å². The number of halogens is 1. The maximum Gasteiger partial charge on any atom is 0.175 e. The number of sulfone groups is 1. The zero-order valence-corrected chi connectivity index (χ0v) is 12.9. The molecule has 1 atom stereocenters. The molecule has 112 valence electrons. The molecule has 3 rings (SSSR count). The minimum absolute atomic E-state index is 0.121. The number of hydrogen-bond acceptors (Lipinski definition) is 5. The van der Waals surface area contributed by atoms with Gasteiger partial charge in [0.2, 0.25) is 0 Å². The number of aliphatic hydroxyl groups excluding tert-OH is 1. The zero-order chi connectivity index (χ0) is 15.2. The van der Waals surface area contributed by atoms with Crippen molar-refractivity contribution >= 4 is 21.4 Å². The van der Waals surface area contributed by atoms with Crippen molar-refractivity contribution in [2.45, 2.75) is 29.8 Å². The molecule has 1 heterocycles. The van der Waals surface area contributed by atoms with E-state index in [2.05, 4.69) is 5.16 Å². The summed E-state index contributed by atoms with van der Waals surface area (Å²) in [5, 5.41) is 14.4. The maximum atomic E-state index is 11.5. The second-order valence-electron chi connectivity index (χ2n) is 5.28. The Morgan fingerprint density at radius 2 is 2.10 bits per heavy atom. The lowest BCUT2D eigenvalue weighted by molar-refractivity contribution is 0.217. The molecule has 7 heteroatoms. The molecule has 0 aliphatic heterocycles. The SMILES string of the molecule is CS(=O)(=O)c1ccc(C(O)c2cnoc2C2CC2)c(Cl)c1. The van der Waals surface area contributed by atoms with Crippen LogP contribution in [0.1, 0.15) is 41.8 Å². The fraction of sp³-hybridized carbons (Fsp3) is 0.357. The molecule has 1 aromatic carbocycles. The van der Waals surface area contributed by atoms with Gasteiger partial charge in [-0.3, -0.25) is 0 Å². The summed E-state index contributed by atoms with van der Waals surface area (Å²) in [6.45, 7) is 0. The van der Waals surface area contributed by atoms with Crippen LogP contribution in [0, 0.1) is 0 Å². The van der Waals surface area contributed by atoms with Gasteiger partial charge in [-0.15, -0.1) is 0 Å². The molecule has 0 bridgehead atoms. The normalized spacial score (nSPS) is 16.9. The lowest BCUT2D eigenvalue weighted by atomic mass is 10.0. The summed E-state index contributed by atoms with van der Waals surface area (Å²) in [6.07, 6.45) is 3.66. The van der Waals surface area contributed by atoms with Crippen LogP contribution in [0.2, 0.25) is 5.02 Å². The van der Waals surface area contributed by atoms with Crippen molar-refractivity contribution in [3.63, 3.8) is 0 Å². The van der Waals surface area contributed by atoms with E-state index in [-0.39, 0.29) is 9.92 Å². The molecule has 1 unspecified atom stereocenters. The lowest BCUT2D eigenvalue weighted by Gasteiger charge is -2.13. The summed E-state index contributed by atoms with van der Waals surface area (Å²) < 4.78 is 28.2. The van der Waals surface area contributed by atoms with Crippen molar-refractivity contribution in [3.8, 4) is 0 Å². The first-order valence-electron chi connectivity index (χ1n) is 6.50. The van der Waals surface area contributed by atoms with Crippen LogP contribution in [-0.2, 0) is 9.84 Å². The van der Waals surface area contributed by atoms with E-state index in [0.29, 0.717) is 22.8 Å². The Kier molecular flexibility index (Phi) is 3.55. The van der Waals surface area contributed by atoms with Crippen LogP contribution in [-0.4, -0.2) is 24.9 Å². The standard InChI is InChI=1S/C14H14ClNO4S/c1-21(18,19)9-4-5-10(12(15)6-9)13(17)11-7-16-20-14(11)8-2-3-8/h4-8,13,17H,2-3H2,1H3. The van der Waals surface area contributed by atoms with Gasteiger partial charge in [-0.25, -0.2) is 8.42 Å². The number of hydrogen-bond donors (Lipinski definition) is 1. The van der Waals surface area contributed by atoms with Gasteiger partial charge < -0.3 is 9.63 Å². The summed E-state index contributed by atoms with van der Waals surface area (Å²) in [5.74, 6) is 0.997. The molecule has 2 aromatic rings. The van der Waals surface area contributed by atoms with Crippen LogP contribution in [0.5, 0.6) is 0 Å². The molecule has 5 nitrogen and oxygen atoms in total. The van der Waals surface area contributed by atoms with E-state index in [9.17, 15) is 13.5 Å². The third kappa shape index (κ3) is 2.84. The Labute approximate surface area is 127 Å². The van der Waals surface area contributed by atoms with Crippen molar-refractivity contribution in [1.82, 2.24) is 5.16 Å². The predicted octanol–water partition coefficient (Wildman–Crippen LogP) is 2.69. The second kappa shape index (κ2) is 5.12. The Hall–Kier alpha value is -1.37. The highest BCUT2D eigenvalue weighted by Gasteiger charge is 2.33. The van der Waals surface area contributed by atoms with E-state index in [4.69, 9.17) is 16.1 Å². The van der Waals surface area contributed by atoms with Crippen LogP contribution in [0.15, 0.2) is 33.8 Å². The Bertz CT molecular complexity index is 780. The highest BCUT2D eigenvalue weighted by atomic mass is 35.5. The van der Waals surface area contributed by atoms with Crippen molar-refractivity contribution in [1.29, 1.82) is 0 Å². The van der Waals surface area contributed by atoms with Crippen LogP contribution in [0.25, 0.3) is 0 Å². The predicted molar refractivity (Wildman–Crippen MR) is 77.1 cm³/mol. The first-order chi connectivity index (χ1) is 9.88. The smallest absolute Gasteiger partial charge is 0.175 e. The van der Waals surface area contributed by atoms with E-state index < -0.39 is 15.9 Å². The van der Waals surface area contributed by atoms with E-state index in [0.717, 1.165) is 19.1 Å². The summed E-state index contributed by atoms with van der Waals surface area (Å²) in [6, 6.07) is 4.30. The molecule has 1 saturated carbocycles. The van der Waals surface area contributed by atoms with Crippen molar-refractivity contribution in [2.75, 3.05) is 6.26 Å². The third-order valence-electron chi connectivity index (χ3n) is 3.56. The minimum Gasteiger partial charge on any atom is -0.383 e. The van der Waals surface area contributed by atoms with Gasteiger partial charge in [-0.05, 0) is 25.0 Å². The fourth-order valence-corrected chi connectivity index (χ4v) is 3.24. The summed E-state index contributed by atoms with van der Waals surface area (Å²) in [5.41, 5.74) is 1.03. The van der Waals surface area contributed by atoms with Crippen molar-refractivity contribution < 1.29 is 18.0 Å². The third-order valence-corrected chi connectivity index (χ3v) is 5.00. The average Bonchev–Trinajstić information content (AvgIpc) is 3.14. The molecule has 0 amide bonds. The number of nitrogens with zero attached hydrogens (tertiary/aromatic N) is 1. The first-order valence-corrected chi connectivity index (χ1v) is 8.77. The van der Waals surface area contributed by atoms with Gasteiger partial charge in [0.15, 0.2) is 9.84 Å². The van der Waals surface area contributed by atoms with E-state index in [1.54, 1.807) is 0 Å². The van der Waals surface area contributed by atoms with Gasteiger partial charge in [-0.1, -0.05) is 22.8 Å². The number of benzene rings is 1. The Balaban J connectivity index is 1.98. The summed E-state index contributed by atoms with van der Waals surface area (Å²) in [7, 11) is -3.33. The Morgan fingerprint density at radius 1 is 1.38 bits per heavy atom. The highest BCUT2D eigenvalue weighted by Crippen LogP contribution is 2.44. The zero-order valence-electron chi connectivity index (χ0n) is 11.3. The van der Waals surface area contributed by atoms with Crippen LogP contribution >= 0.6 is 11.6 Å². The molecular formula is C14H14ClNO4S. The van der Waals surface area contributed by atoms with E-state index in [1.165, 1.54) is 24.4 Å². The summed E-state index contributed by atoms with van der Waals surface area (Å²) in [4.78, 5) is 0.121. The highest BCUT2D eigenvalue weighted by molar-refractivity contribution is 7.90. The molecule has 21 heavy (non-hydrogen) atoms. The monoisotopic (exact) mass is 327 g/mol. The number of aromatic nitrogens is 1. The minimum atomic E-state index is -3.33. The van der Waals surface area contributed by atoms with Crippen LogP contribution < -0.4 is 0 Å². The molecule has 1 aromatic heterocycles. The van der Waals surface area contributed by atoms with Gasteiger partial charge in [-0.2, -0.15) is 0 Å². The van der Waals surface area contributed by atoms with Crippen LogP contribution in [0.3, 0.4) is 0 Å². The molecular weight excluding hydrogens is 314 g/mol. The topological polar surface area (TPSA) is 80.4 Å². The van der Waals surface area contributed by atoms with Crippen molar-refractivity contribution in [2.24, 2.45) is 0 Å². The largest absolute Gasteiger partial charge is 0.383 e. The van der Waals surface area contributed by atoms with Gasteiger partial charge >= 0.3 is 0 Å². The average molecular weight is 328 g/mol. The molecule has 1 fully saturated rings. The molecule has 1 aliphatic rings. The molecule has 0 radical (unpaired) electrons. The molecule has 0 spiro atoms. The number of aliphatic hydroxyl groups is 1. The van der Waals surface area contributed by atoms with Gasteiger partial charge in [0.25, 0.3) is 0 Å². The maximum absolute atomic E-state index is 11.5. The first kappa shape index (κ1) is 14.6. The molecule has 1 N–H and O–H groups in total. The Morgan fingerprint density at radius 3 is 2.67 bits per heavy atom. The lowest BCUT2D eigenvalue weighted by Crippen LogP contribution is -2.04. The second-order valence-corrected chi connectivity index (χ2v) is 7.70. The van der Waals surface area contributed by atoms with Crippen LogP contribution in [0.4, 0.5) is 0 Å².